The number of fused-ring (bicyclic) bond motifs is 1. The molecule has 1 aliphatic carbocycles. The summed E-state index contributed by atoms with van der Waals surface area (Å²) in [4.78, 5) is 21.4. The van der Waals surface area contributed by atoms with E-state index in [1.165, 1.54) is 0 Å². The molecule has 7 heteroatoms. The summed E-state index contributed by atoms with van der Waals surface area (Å²) in [5, 5.41) is 16.9. The first-order valence-electron chi connectivity index (χ1n) is 9.58. The van der Waals surface area contributed by atoms with Crippen LogP contribution in [0.5, 0.6) is 0 Å². The molecule has 0 atom stereocenters. The lowest BCUT2D eigenvalue weighted by molar-refractivity contribution is -0.0978. The van der Waals surface area contributed by atoms with Gasteiger partial charge in [0.1, 0.15) is 0 Å². The Balaban J connectivity index is 1.44. The highest BCUT2D eigenvalue weighted by molar-refractivity contribution is 5.97. The molecule has 2 aromatic rings. The molecule has 1 amide bonds. The largest absolute Gasteiger partial charge is 0.393 e. The minimum absolute atomic E-state index is 0.0410. The Bertz CT molecular complexity index is 829. The van der Waals surface area contributed by atoms with Crippen LogP contribution in [0.3, 0.4) is 0 Å². The Morgan fingerprint density at radius 3 is 2.78 bits per heavy atom. The first-order chi connectivity index (χ1) is 13.0. The Morgan fingerprint density at radius 2 is 2.07 bits per heavy atom. The van der Waals surface area contributed by atoms with Crippen molar-refractivity contribution in [2.75, 3.05) is 25.1 Å². The van der Waals surface area contributed by atoms with Crippen LogP contribution in [0.4, 0.5) is 5.95 Å². The number of carbonyl (C=O) groups is 1. The number of rotatable bonds is 5. The second-order valence-corrected chi connectivity index (χ2v) is 8.10. The van der Waals surface area contributed by atoms with Crippen molar-refractivity contribution in [2.24, 2.45) is 5.41 Å². The summed E-state index contributed by atoms with van der Waals surface area (Å²) in [5.41, 5.74) is 1.38. The Labute approximate surface area is 158 Å². The van der Waals surface area contributed by atoms with E-state index in [-0.39, 0.29) is 23.5 Å². The highest BCUT2D eigenvalue weighted by atomic mass is 16.5. The van der Waals surface area contributed by atoms with E-state index in [9.17, 15) is 9.90 Å². The highest BCUT2D eigenvalue weighted by Gasteiger charge is 2.33. The van der Waals surface area contributed by atoms with Crippen LogP contribution in [-0.2, 0) is 4.74 Å². The summed E-state index contributed by atoms with van der Waals surface area (Å²) in [6, 6.07) is 5.76. The molecule has 2 fully saturated rings. The van der Waals surface area contributed by atoms with Crippen LogP contribution in [0.25, 0.3) is 10.9 Å². The zero-order valence-corrected chi connectivity index (χ0v) is 15.6. The molecule has 0 spiro atoms. The van der Waals surface area contributed by atoms with E-state index < -0.39 is 0 Å². The predicted molar refractivity (Wildman–Crippen MR) is 103 cm³/mol. The van der Waals surface area contributed by atoms with E-state index in [0.29, 0.717) is 31.3 Å². The molecule has 1 saturated carbocycles. The van der Waals surface area contributed by atoms with E-state index in [0.717, 1.165) is 36.6 Å². The maximum Gasteiger partial charge on any atom is 0.251 e. The number of aliphatic hydroxyl groups is 1. The van der Waals surface area contributed by atoms with E-state index >= 15 is 0 Å². The van der Waals surface area contributed by atoms with Gasteiger partial charge in [0, 0.05) is 35.1 Å². The van der Waals surface area contributed by atoms with E-state index in [1.807, 2.05) is 12.1 Å². The molecule has 2 heterocycles. The SMILES string of the molecule is CC1(CNC(=O)c2ccc3cnc(N[C@H]4CC[C@H](O)CC4)nc3c2)COC1. The van der Waals surface area contributed by atoms with Gasteiger partial charge in [0.2, 0.25) is 5.95 Å². The number of anilines is 1. The fraction of sp³-hybridized carbons (Fsp3) is 0.550. The Kier molecular flexibility index (Phi) is 4.97. The predicted octanol–water partition coefficient (Wildman–Crippen LogP) is 2.11. The number of carbonyl (C=O) groups excluding carboxylic acids is 1. The number of hydrogen-bond donors (Lipinski definition) is 3. The van der Waals surface area contributed by atoms with Gasteiger partial charge in [0.25, 0.3) is 5.91 Å². The second kappa shape index (κ2) is 7.40. The molecule has 144 valence electrons. The van der Waals surface area contributed by atoms with Gasteiger partial charge in [0.05, 0.1) is 24.8 Å². The van der Waals surface area contributed by atoms with Crippen molar-refractivity contribution in [1.82, 2.24) is 15.3 Å². The van der Waals surface area contributed by atoms with Gasteiger partial charge in [-0.2, -0.15) is 0 Å². The Hall–Kier alpha value is -2.25. The van der Waals surface area contributed by atoms with Crippen molar-refractivity contribution >= 4 is 22.8 Å². The molecule has 27 heavy (non-hydrogen) atoms. The van der Waals surface area contributed by atoms with Gasteiger partial charge in [-0.1, -0.05) is 13.0 Å². The third-order valence-corrected chi connectivity index (χ3v) is 5.45. The third kappa shape index (κ3) is 4.20. The second-order valence-electron chi connectivity index (χ2n) is 8.10. The number of hydrogen-bond acceptors (Lipinski definition) is 6. The summed E-state index contributed by atoms with van der Waals surface area (Å²) >= 11 is 0. The molecule has 7 nitrogen and oxygen atoms in total. The van der Waals surface area contributed by atoms with E-state index in [2.05, 4.69) is 27.5 Å². The topological polar surface area (TPSA) is 96.4 Å². The number of benzene rings is 1. The van der Waals surface area contributed by atoms with Gasteiger partial charge in [-0.25, -0.2) is 9.97 Å². The fourth-order valence-electron chi connectivity index (χ4n) is 3.59. The van der Waals surface area contributed by atoms with Crippen molar-refractivity contribution in [1.29, 1.82) is 0 Å². The normalized spacial score (nSPS) is 24.2. The van der Waals surface area contributed by atoms with Gasteiger partial charge >= 0.3 is 0 Å². The van der Waals surface area contributed by atoms with Crippen LogP contribution in [-0.4, -0.2) is 52.9 Å². The molecule has 1 saturated heterocycles. The summed E-state index contributed by atoms with van der Waals surface area (Å²) in [6.45, 7) is 4.08. The van der Waals surface area contributed by atoms with Gasteiger partial charge in [-0.3, -0.25) is 4.79 Å². The minimum atomic E-state index is -0.185. The van der Waals surface area contributed by atoms with Crippen LogP contribution in [0.2, 0.25) is 0 Å². The van der Waals surface area contributed by atoms with Crippen molar-refractivity contribution in [3.63, 3.8) is 0 Å². The summed E-state index contributed by atoms with van der Waals surface area (Å²) in [6.07, 6.45) is 5.02. The van der Waals surface area contributed by atoms with Crippen molar-refractivity contribution < 1.29 is 14.6 Å². The van der Waals surface area contributed by atoms with Gasteiger partial charge in [-0.15, -0.1) is 0 Å². The molecular formula is C20H26N4O3. The standard InChI is InChI=1S/C20H26N4O3/c1-20(11-27-12-20)10-22-18(26)13-2-3-14-9-21-19(24-17(14)8-13)23-15-4-6-16(25)7-5-15/h2-3,8-9,15-16,25H,4-7,10-12H2,1H3,(H,22,26)(H,21,23,24)/t15-,16-. The first-order valence-corrected chi connectivity index (χ1v) is 9.58. The minimum Gasteiger partial charge on any atom is -0.393 e. The molecule has 3 N–H and O–H groups in total. The molecule has 1 aliphatic heterocycles. The zero-order chi connectivity index (χ0) is 18.9. The molecule has 0 bridgehead atoms. The van der Waals surface area contributed by atoms with Gasteiger partial charge < -0.3 is 20.5 Å². The number of ether oxygens (including phenoxy) is 1. The van der Waals surface area contributed by atoms with E-state index in [1.54, 1.807) is 12.3 Å². The quantitative estimate of drug-likeness (QED) is 0.746. The summed E-state index contributed by atoms with van der Waals surface area (Å²) in [7, 11) is 0. The maximum absolute atomic E-state index is 12.5. The fourth-order valence-corrected chi connectivity index (χ4v) is 3.59. The first kappa shape index (κ1) is 18.1. The molecule has 1 aromatic carbocycles. The van der Waals surface area contributed by atoms with Crippen LogP contribution in [0, 0.1) is 5.41 Å². The highest BCUT2D eigenvalue weighted by Crippen LogP contribution is 2.25. The molecule has 1 aromatic heterocycles. The van der Waals surface area contributed by atoms with Gasteiger partial charge in [-0.05, 0) is 37.8 Å². The van der Waals surface area contributed by atoms with Crippen molar-refractivity contribution in [3.8, 4) is 0 Å². The average Bonchev–Trinajstić information content (AvgIpc) is 2.66. The summed E-state index contributed by atoms with van der Waals surface area (Å²) in [5.74, 6) is 0.472. The number of aromatic nitrogens is 2. The third-order valence-electron chi connectivity index (χ3n) is 5.45. The van der Waals surface area contributed by atoms with E-state index in [4.69, 9.17) is 4.74 Å². The number of aliphatic hydroxyl groups excluding tert-OH is 1. The van der Waals surface area contributed by atoms with Crippen LogP contribution in [0.1, 0.15) is 43.0 Å². The number of amides is 1. The monoisotopic (exact) mass is 370 g/mol. The Morgan fingerprint density at radius 1 is 1.30 bits per heavy atom. The molecule has 2 aliphatic rings. The molecular weight excluding hydrogens is 344 g/mol. The lowest BCUT2D eigenvalue weighted by Gasteiger charge is -2.38. The lowest BCUT2D eigenvalue weighted by atomic mass is 9.88. The summed E-state index contributed by atoms with van der Waals surface area (Å²) < 4.78 is 5.23. The number of nitrogens with one attached hydrogen (secondary N) is 2. The van der Waals surface area contributed by atoms with Crippen LogP contribution in [0.15, 0.2) is 24.4 Å². The smallest absolute Gasteiger partial charge is 0.251 e. The maximum atomic E-state index is 12.5. The zero-order valence-electron chi connectivity index (χ0n) is 15.6. The lowest BCUT2D eigenvalue weighted by Crippen LogP contribution is -2.48. The average molecular weight is 370 g/mol. The molecule has 4 rings (SSSR count). The molecule has 0 radical (unpaired) electrons. The van der Waals surface area contributed by atoms with Gasteiger partial charge in [0.15, 0.2) is 0 Å². The van der Waals surface area contributed by atoms with Crippen LogP contribution >= 0.6 is 0 Å². The molecule has 0 unspecified atom stereocenters. The number of nitrogens with zero attached hydrogens (tertiary/aromatic N) is 2. The van der Waals surface area contributed by atoms with Crippen molar-refractivity contribution in [3.05, 3.63) is 30.0 Å². The van der Waals surface area contributed by atoms with Crippen molar-refractivity contribution in [2.45, 2.75) is 44.8 Å². The van der Waals surface area contributed by atoms with Crippen LogP contribution < -0.4 is 10.6 Å².